The second-order valence-electron chi connectivity index (χ2n) is 9.52. The molecule has 5 nitrogen and oxygen atoms in total. The van der Waals surface area contributed by atoms with Gasteiger partial charge in [-0.05, 0) is 48.7 Å². The number of hydrogen-bond donors (Lipinski definition) is 2. The second kappa shape index (κ2) is 6.67. The van der Waals surface area contributed by atoms with Crippen molar-refractivity contribution in [3.05, 3.63) is 53.2 Å². The van der Waals surface area contributed by atoms with Crippen LogP contribution in [0.15, 0.2) is 36.4 Å². The molecule has 2 aromatic carbocycles. The van der Waals surface area contributed by atoms with Crippen molar-refractivity contribution in [3.8, 4) is 11.5 Å². The lowest BCUT2D eigenvalue weighted by Gasteiger charge is -2.19. The van der Waals surface area contributed by atoms with Crippen molar-refractivity contribution in [2.75, 3.05) is 12.1 Å². The summed E-state index contributed by atoms with van der Waals surface area (Å²) in [7, 11) is 0. The van der Waals surface area contributed by atoms with Crippen LogP contribution in [0.2, 0.25) is 0 Å². The Bertz CT molecular complexity index is 1230. The number of anilines is 1. The molecular weight excluding hydrogens is 421 g/mol. The smallest absolute Gasteiger partial charge is 0.418 e. The highest BCUT2D eigenvalue weighted by atomic mass is 19.4. The van der Waals surface area contributed by atoms with Gasteiger partial charge in [-0.3, -0.25) is 4.79 Å². The number of benzene rings is 2. The molecule has 0 spiro atoms. The Morgan fingerprint density at radius 2 is 1.75 bits per heavy atom. The summed E-state index contributed by atoms with van der Waals surface area (Å²) in [5, 5.41) is 3.20. The number of amides is 1. The average Bonchev–Trinajstić information content (AvgIpc) is 3.18. The quantitative estimate of drug-likeness (QED) is 0.530. The molecule has 1 amide bonds. The van der Waals surface area contributed by atoms with E-state index in [0.717, 1.165) is 11.8 Å². The molecule has 1 aromatic heterocycles. The fourth-order valence-corrected chi connectivity index (χ4v) is 4.13. The Kier molecular flexibility index (Phi) is 4.32. The van der Waals surface area contributed by atoms with E-state index in [4.69, 9.17) is 9.47 Å². The first-order valence-corrected chi connectivity index (χ1v) is 10.4. The summed E-state index contributed by atoms with van der Waals surface area (Å²) in [6.45, 7) is 6.05. The van der Waals surface area contributed by atoms with Crippen molar-refractivity contribution >= 4 is 22.5 Å². The number of ether oxygens (including phenoxy) is 2. The first-order chi connectivity index (χ1) is 15.0. The second-order valence-corrected chi connectivity index (χ2v) is 9.52. The third-order valence-corrected chi connectivity index (χ3v) is 6.23. The molecule has 0 atom stereocenters. The molecule has 1 fully saturated rings. The minimum atomic E-state index is -4.61. The minimum Gasteiger partial charge on any atom is -0.454 e. The number of hydrogen-bond acceptors (Lipinski definition) is 3. The monoisotopic (exact) mass is 444 g/mol. The summed E-state index contributed by atoms with van der Waals surface area (Å²) in [5.74, 6) is 0.686. The SMILES string of the molecule is CC(C)(C)c1cc2cc(NC(=O)C3(c4ccc5c(c4)OCO5)CC3)c(C(F)(F)F)cc2[nH]1. The van der Waals surface area contributed by atoms with Crippen molar-refractivity contribution < 1.29 is 27.4 Å². The number of aromatic amines is 1. The fraction of sp³-hybridized carbons (Fsp3) is 0.375. The van der Waals surface area contributed by atoms with Crippen molar-refractivity contribution in [1.29, 1.82) is 0 Å². The Hall–Kier alpha value is -3.16. The maximum absolute atomic E-state index is 13.9. The molecule has 8 heteroatoms. The van der Waals surface area contributed by atoms with Gasteiger partial charge in [0.2, 0.25) is 12.7 Å². The predicted molar refractivity (Wildman–Crippen MR) is 114 cm³/mol. The summed E-state index contributed by atoms with van der Waals surface area (Å²) in [4.78, 5) is 16.3. The van der Waals surface area contributed by atoms with Crippen molar-refractivity contribution in [2.45, 2.75) is 50.6 Å². The maximum atomic E-state index is 13.9. The topological polar surface area (TPSA) is 63.4 Å². The number of H-pyrrole nitrogens is 1. The van der Waals surface area contributed by atoms with Crippen molar-refractivity contribution in [1.82, 2.24) is 4.98 Å². The van der Waals surface area contributed by atoms with Crippen LogP contribution in [0, 0.1) is 0 Å². The number of fused-ring (bicyclic) bond motifs is 2. The number of alkyl halides is 3. The molecule has 3 aromatic rings. The van der Waals surface area contributed by atoms with E-state index in [1.807, 2.05) is 26.8 Å². The van der Waals surface area contributed by atoms with E-state index in [9.17, 15) is 18.0 Å². The summed E-state index contributed by atoms with van der Waals surface area (Å²) >= 11 is 0. The van der Waals surface area contributed by atoms with Gasteiger partial charge in [-0.25, -0.2) is 0 Å². The van der Waals surface area contributed by atoms with Gasteiger partial charge in [-0.2, -0.15) is 13.2 Å². The number of carbonyl (C=O) groups excluding carboxylic acids is 1. The van der Waals surface area contributed by atoms with Crippen LogP contribution >= 0.6 is 0 Å². The highest BCUT2D eigenvalue weighted by Gasteiger charge is 2.52. The zero-order chi connectivity index (χ0) is 22.9. The van der Waals surface area contributed by atoms with E-state index in [0.29, 0.717) is 40.8 Å². The van der Waals surface area contributed by atoms with E-state index in [2.05, 4.69) is 10.3 Å². The number of rotatable bonds is 3. The number of aromatic nitrogens is 1. The van der Waals surface area contributed by atoms with Gasteiger partial charge in [-0.15, -0.1) is 0 Å². The van der Waals surface area contributed by atoms with Crippen LogP contribution in [-0.2, 0) is 21.8 Å². The predicted octanol–water partition coefficient (Wildman–Crippen LogP) is 5.88. The molecule has 1 aliphatic carbocycles. The molecule has 1 saturated carbocycles. The number of carbonyl (C=O) groups is 1. The first-order valence-electron chi connectivity index (χ1n) is 10.4. The highest BCUT2D eigenvalue weighted by molar-refractivity contribution is 6.03. The molecular formula is C24H23F3N2O3. The Labute approximate surface area is 182 Å². The fourth-order valence-electron chi connectivity index (χ4n) is 4.13. The van der Waals surface area contributed by atoms with Gasteiger partial charge in [-0.1, -0.05) is 26.8 Å². The molecule has 0 radical (unpaired) electrons. The summed E-state index contributed by atoms with van der Waals surface area (Å²) in [6, 6.07) is 9.54. The van der Waals surface area contributed by atoms with Gasteiger partial charge in [0.15, 0.2) is 11.5 Å². The summed E-state index contributed by atoms with van der Waals surface area (Å²) in [6.07, 6.45) is -3.50. The van der Waals surface area contributed by atoms with Gasteiger partial charge < -0.3 is 19.8 Å². The largest absolute Gasteiger partial charge is 0.454 e. The van der Waals surface area contributed by atoms with E-state index < -0.39 is 23.1 Å². The lowest BCUT2D eigenvalue weighted by molar-refractivity contribution is -0.136. The number of halogens is 3. The lowest BCUT2D eigenvalue weighted by Crippen LogP contribution is -2.29. The lowest BCUT2D eigenvalue weighted by atomic mass is 9.92. The standard InChI is InChI=1S/C24H23F3N2O3/c1-22(2,3)20-9-13-8-17(15(24(25,26)27)11-16(13)28-20)29-21(30)23(6-7-23)14-4-5-18-19(10-14)32-12-31-18/h4-5,8-11,28H,6-7,12H2,1-3H3,(H,29,30). The van der Waals surface area contributed by atoms with E-state index in [-0.39, 0.29) is 17.9 Å². The molecule has 2 N–H and O–H groups in total. The molecule has 32 heavy (non-hydrogen) atoms. The summed E-state index contributed by atoms with van der Waals surface area (Å²) in [5.41, 5.74) is -0.305. The average molecular weight is 444 g/mol. The molecule has 168 valence electrons. The molecule has 1 aliphatic heterocycles. The Morgan fingerprint density at radius 1 is 1.03 bits per heavy atom. The first kappa shape index (κ1) is 20.7. The van der Waals surface area contributed by atoms with Crippen LogP contribution in [0.4, 0.5) is 18.9 Å². The van der Waals surface area contributed by atoms with Gasteiger partial charge in [0.25, 0.3) is 0 Å². The van der Waals surface area contributed by atoms with Gasteiger partial charge in [0, 0.05) is 22.0 Å². The third-order valence-electron chi connectivity index (χ3n) is 6.23. The molecule has 0 bridgehead atoms. The molecule has 5 rings (SSSR count). The van der Waals surface area contributed by atoms with E-state index in [1.165, 1.54) is 6.07 Å². The molecule has 0 unspecified atom stereocenters. The van der Waals surface area contributed by atoms with Crippen molar-refractivity contribution in [3.63, 3.8) is 0 Å². The van der Waals surface area contributed by atoms with Crippen LogP contribution in [0.25, 0.3) is 10.9 Å². The molecule has 2 heterocycles. The third kappa shape index (κ3) is 3.38. The van der Waals surface area contributed by atoms with Crippen LogP contribution in [0.1, 0.15) is 50.4 Å². The zero-order valence-electron chi connectivity index (χ0n) is 17.9. The zero-order valence-corrected chi connectivity index (χ0v) is 17.9. The van der Waals surface area contributed by atoms with Gasteiger partial charge in [0.05, 0.1) is 16.7 Å². The highest BCUT2D eigenvalue weighted by Crippen LogP contribution is 2.51. The van der Waals surface area contributed by atoms with Gasteiger partial charge in [0.1, 0.15) is 0 Å². The van der Waals surface area contributed by atoms with Crippen LogP contribution in [-0.4, -0.2) is 17.7 Å². The molecule has 2 aliphatic rings. The maximum Gasteiger partial charge on any atom is 0.418 e. The summed E-state index contributed by atoms with van der Waals surface area (Å²) < 4.78 is 52.3. The normalized spacial score (nSPS) is 16.9. The van der Waals surface area contributed by atoms with Crippen LogP contribution in [0.5, 0.6) is 11.5 Å². The van der Waals surface area contributed by atoms with Gasteiger partial charge >= 0.3 is 6.18 Å². The Balaban J connectivity index is 1.52. The molecule has 0 saturated heterocycles. The van der Waals surface area contributed by atoms with Crippen LogP contribution in [0.3, 0.4) is 0 Å². The Morgan fingerprint density at radius 3 is 2.41 bits per heavy atom. The van der Waals surface area contributed by atoms with Crippen molar-refractivity contribution in [2.24, 2.45) is 0 Å². The van der Waals surface area contributed by atoms with E-state index in [1.54, 1.807) is 18.2 Å². The van der Waals surface area contributed by atoms with E-state index >= 15 is 0 Å². The van der Waals surface area contributed by atoms with Crippen LogP contribution < -0.4 is 14.8 Å². The number of nitrogens with one attached hydrogen (secondary N) is 2. The minimum absolute atomic E-state index is 0.111.